The van der Waals surface area contributed by atoms with E-state index in [0.29, 0.717) is 45.0 Å². The standard InChI is InChI=1S/C33H34Cl2N4O8/c1-5-44-27-14-21(13-24(35)31(27)47-17-20-7-10-23(34)11-8-20)16-36-39-28(40)18-46-25-12-9-22(15-26(25)43-4)30-29(32(41)45-6-2)19(3)37-33(42)38-30/h7-16,30H,5-6,17-18H2,1-4H3,(H,39,40)(H2,37,38,42)/b36-16-/t30-/m0/s1. The van der Waals surface area contributed by atoms with Crippen LogP contribution in [0.2, 0.25) is 10.0 Å². The van der Waals surface area contributed by atoms with Crippen LogP contribution in [0.15, 0.2) is 71.0 Å². The third kappa shape index (κ3) is 9.30. The topological polar surface area (TPSA) is 146 Å². The third-order valence-electron chi connectivity index (χ3n) is 6.68. The zero-order chi connectivity index (χ0) is 33.9. The highest BCUT2D eigenvalue weighted by molar-refractivity contribution is 6.32. The van der Waals surface area contributed by atoms with Crippen LogP contribution in [0.1, 0.15) is 43.5 Å². The minimum atomic E-state index is -0.788. The van der Waals surface area contributed by atoms with E-state index in [-0.39, 0.29) is 36.9 Å². The van der Waals surface area contributed by atoms with Gasteiger partial charge in [0.1, 0.15) is 6.61 Å². The van der Waals surface area contributed by atoms with Crippen molar-refractivity contribution in [1.29, 1.82) is 0 Å². The third-order valence-corrected chi connectivity index (χ3v) is 7.21. The molecule has 0 radical (unpaired) electrons. The number of ether oxygens (including phenoxy) is 5. The largest absolute Gasteiger partial charge is 0.493 e. The molecule has 248 valence electrons. The fourth-order valence-electron chi connectivity index (χ4n) is 4.56. The number of hydrazone groups is 1. The van der Waals surface area contributed by atoms with Crippen LogP contribution < -0.4 is 35.0 Å². The fraction of sp³-hybridized carbons (Fsp3) is 0.273. The average molecular weight is 686 g/mol. The lowest BCUT2D eigenvalue weighted by Gasteiger charge is -2.28. The van der Waals surface area contributed by atoms with Crippen LogP contribution in [0.4, 0.5) is 4.79 Å². The van der Waals surface area contributed by atoms with E-state index in [9.17, 15) is 14.4 Å². The van der Waals surface area contributed by atoms with Crippen LogP contribution in [-0.4, -0.2) is 51.1 Å². The molecule has 1 atom stereocenters. The summed E-state index contributed by atoms with van der Waals surface area (Å²) < 4.78 is 28.0. The van der Waals surface area contributed by atoms with E-state index in [1.165, 1.54) is 13.3 Å². The average Bonchev–Trinajstić information content (AvgIpc) is 3.04. The molecule has 3 N–H and O–H groups in total. The molecule has 3 aromatic rings. The van der Waals surface area contributed by atoms with Crippen molar-refractivity contribution in [3.8, 4) is 23.0 Å². The number of carbonyl (C=O) groups excluding carboxylic acids is 3. The summed E-state index contributed by atoms with van der Waals surface area (Å²) >= 11 is 12.5. The van der Waals surface area contributed by atoms with Crippen molar-refractivity contribution >= 4 is 47.3 Å². The predicted molar refractivity (Wildman–Crippen MR) is 176 cm³/mol. The Morgan fingerprint density at radius 2 is 1.72 bits per heavy atom. The van der Waals surface area contributed by atoms with Gasteiger partial charge in [-0.25, -0.2) is 15.0 Å². The minimum absolute atomic E-state index is 0.174. The molecule has 0 aromatic heterocycles. The van der Waals surface area contributed by atoms with Gasteiger partial charge in [0.05, 0.1) is 43.2 Å². The molecule has 0 spiro atoms. The molecule has 1 aliphatic rings. The first kappa shape index (κ1) is 34.9. The number of halogens is 2. The van der Waals surface area contributed by atoms with E-state index in [1.807, 2.05) is 19.1 Å². The Balaban J connectivity index is 1.38. The maximum Gasteiger partial charge on any atom is 0.338 e. The summed E-state index contributed by atoms with van der Waals surface area (Å²) in [5, 5.41) is 10.3. The minimum Gasteiger partial charge on any atom is -0.493 e. The van der Waals surface area contributed by atoms with E-state index in [4.69, 9.17) is 46.9 Å². The van der Waals surface area contributed by atoms with Crippen molar-refractivity contribution in [2.75, 3.05) is 26.9 Å². The lowest BCUT2D eigenvalue weighted by Crippen LogP contribution is -2.45. The predicted octanol–water partition coefficient (Wildman–Crippen LogP) is 5.70. The van der Waals surface area contributed by atoms with Crippen molar-refractivity contribution < 1.29 is 38.1 Å². The molecular formula is C33H34Cl2N4O8. The van der Waals surface area contributed by atoms with Crippen molar-refractivity contribution in [2.45, 2.75) is 33.4 Å². The van der Waals surface area contributed by atoms with Gasteiger partial charge in [-0.3, -0.25) is 4.79 Å². The number of allylic oxidation sites excluding steroid dienone is 1. The lowest BCUT2D eigenvalue weighted by atomic mass is 9.95. The second kappa shape index (κ2) is 16.6. The van der Waals surface area contributed by atoms with Gasteiger partial charge in [-0.1, -0.05) is 41.4 Å². The summed E-state index contributed by atoms with van der Waals surface area (Å²) in [6.45, 7) is 5.58. The molecule has 14 heteroatoms. The number of rotatable bonds is 14. The SMILES string of the molecule is CCOC(=O)C1=C(C)NC(=O)N[C@H]1c1ccc(OCC(=O)N/N=C\c2cc(Cl)c(OCc3ccc(Cl)cc3)c(OCC)c2)c(OC)c1. The van der Waals surface area contributed by atoms with Gasteiger partial charge in [0, 0.05) is 10.7 Å². The van der Waals surface area contributed by atoms with Crippen molar-refractivity contribution in [1.82, 2.24) is 16.1 Å². The van der Waals surface area contributed by atoms with Gasteiger partial charge < -0.3 is 34.3 Å². The molecule has 1 aliphatic heterocycles. The van der Waals surface area contributed by atoms with Gasteiger partial charge in [0.2, 0.25) is 0 Å². The summed E-state index contributed by atoms with van der Waals surface area (Å²) in [4.78, 5) is 37.3. The smallest absolute Gasteiger partial charge is 0.338 e. The first-order valence-corrected chi connectivity index (χ1v) is 15.3. The number of carbonyl (C=O) groups is 3. The van der Waals surface area contributed by atoms with E-state index < -0.39 is 23.9 Å². The van der Waals surface area contributed by atoms with E-state index in [0.717, 1.165) is 5.56 Å². The van der Waals surface area contributed by atoms with Crippen molar-refractivity contribution in [2.24, 2.45) is 5.10 Å². The lowest BCUT2D eigenvalue weighted by molar-refractivity contribution is -0.139. The van der Waals surface area contributed by atoms with Crippen molar-refractivity contribution in [3.63, 3.8) is 0 Å². The molecule has 4 rings (SSSR count). The molecule has 3 amide bonds. The first-order valence-electron chi connectivity index (χ1n) is 14.5. The van der Waals surface area contributed by atoms with Crippen LogP contribution in [0.5, 0.6) is 23.0 Å². The summed E-state index contributed by atoms with van der Waals surface area (Å²) in [6.07, 6.45) is 1.41. The summed E-state index contributed by atoms with van der Waals surface area (Å²) in [5.74, 6) is 0.239. The van der Waals surface area contributed by atoms with Crippen molar-refractivity contribution in [3.05, 3.63) is 92.6 Å². The number of benzene rings is 3. The Labute approximate surface area is 281 Å². The second-order valence-electron chi connectivity index (χ2n) is 9.96. The van der Waals surface area contributed by atoms with Gasteiger partial charge >= 0.3 is 12.0 Å². The Bertz CT molecular complexity index is 1680. The Hall–Kier alpha value is -4.94. The van der Waals surface area contributed by atoms with Gasteiger partial charge in [-0.05, 0) is 73.9 Å². The molecule has 1 heterocycles. The number of urea groups is 1. The quantitative estimate of drug-likeness (QED) is 0.111. The van der Waals surface area contributed by atoms with E-state index in [1.54, 1.807) is 56.3 Å². The van der Waals surface area contributed by atoms with Crippen LogP contribution >= 0.6 is 23.2 Å². The molecule has 0 fully saturated rings. The van der Waals surface area contributed by atoms with Gasteiger partial charge in [-0.15, -0.1) is 0 Å². The Morgan fingerprint density at radius 3 is 2.43 bits per heavy atom. The van der Waals surface area contributed by atoms with Crippen LogP contribution in [0.3, 0.4) is 0 Å². The highest BCUT2D eigenvalue weighted by atomic mass is 35.5. The van der Waals surface area contributed by atoms with Gasteiger partial charge in [0.25, 0.3) is 5.91 Å². The number of nitrogens with one attached hydrogen (secondary N) is 3. The monoisotopic (exact) mass is 684 g/mol. The van der Waals surface area contributed by atoms with Crippen LogP contribution in [0.25, 0.3) is 0 Å². The molecule has 0 aliphatic carbocycles. The highest BCUT2D eigenvalue weighted by Gasteiger charge is 2.32. The number of hydrogen-bond donors (Lipinski definition) is 3. The summed E-state index contributed by atoms with van der Waals surface area (Å²) in [7, 11) is 1.43. The molecule has 0 bridgehead atoms. The number of esters is 1. The fourth-order valence-corrected chi connectivity index (χ4v) is 4.96. The van der Waals surface area contributed by atoms with Crippen LogP contribution in [-0.2, 0) is 20.9 Å². The zero-order valence-corrected chi connectivity index (χ0v) is 27.7. The normalized spacial score (nSPS) is 14.3. The Morgan fingerprint density at radius 1 is 0.957 bits per heavy atom. The second-order valence-corrected chi connectivity index (χ2v) is 10.8. The maximum atomic E-state index is 12.6. The van der Waals surface area contributed by atoms with E-state index >= 15 is 0 Å². The number of methoxy groups -OCH3 is 1. The van der Waals surface area contributed by atoms with Gasteiger partial charge in [-0.2, -0.15) is 5.10 Å². The number of amides is 3. The van der Waals surface area contributed by atoms with Crippen LogP contribution in [0, 0.1) is 0 Å². The molecule has 0 saturated carbocycles. The number of nitrogens with zero attached hydrogens (tertiary/aromatic N) is 1. The van der Waals surface area contributed by atoms with E-state index in [2.05, 4.69) is 21.2 Å². The number of hydrogen-bond acceptors (Lipinski definition) is 9. The molecular weight excluding hydrogens is 651 g/mol. The first-order chi connectivity index (χ1) is 22.6. The molecule has 12 nitrogen and oxygen atoms in total. The molecule has 47 heavy (non-hydrogen) atoms. The summed E-state index contributed by atoms with van der Waals surface area (Å²) in [6, 6.07) is 14.2. The molecule has 0 saturated heterocycles. The summed E-state index contributed by atoms with van der Waals surface area (Å²) in [5.41, 5.74) is 5.06. The Kier molecular flexibility index (Phi) is 12.3. The highest BCUT2D eigenvalue weighted by Crippen LogP contribution is 2.37. The maximum absolute atomic E-state index is 12.6. The molecule has 3 aromatic carbocycles. The molecule has 0 unspecified atom stereocenters. The zero-order valence-electron chi connectivity index (χ0n) is 26.1. The van der Waals surface area contributed by atoms with Gasteiger partial charge in [0.15, 0.2) is 29.6 Å².